The Kier molecular flexibility index (Phi) is 7.56. The Labute approximate surface area is 110 Å². The van der Waals surface area contributed by atoms with Crippen molar-refractivity contribution in [3.8, 4) is 11.5 Å². The molecule has 0 radical (unpaired) electrons. The van der Waals surface area contributed by atoms with Gasteiger partial charge in [0, 0.05) is 11.5 Å². The van der Waals surface area contributed by atoms with E-state index in [4.69, 9.17) is 20.9 Å². The van der Waals surface area contributed by atoms with Crippen LogP contribution in [0, 0.1) is 5.92 Å². The number of azide groups is 1. The molecule has 0 atom stereocenters. The van der Waals surface area contributed by atoms with Crippen LogP contribution in [0.15, 0.2) is 23.3 Å². The van der Waals surface area contributed by atoms with Crippen molar-refractivity contribution in [3.63, 3.8) is 0 Å². The molecule has 0 aliphatic rings. The highest BCUT2D eigenvalue weighted by atomic mass is 16.4. The van der Waals surface area contributed by atoms with Crippen LogP contribution in [0.4, 0.5) is 0 Å². The largest absolute Gasteiger partial charge is 0.508 e. The van der Waals surface area contributed by atoms with Crippen molar-refractivity contribution in [2.75, 3.05) is 6.54 Å². The van der Waals surface area contributed by atoms with Gasteiger partial charge in [0.05, 0.1) is 0 Å². The van der Waals surface area contributed by atoms with Crippen LogP contribution >= 0.6 is 0 Å². The van der Waals surface area contributed by atoms with E-state index in [1.54, 1.807) is 0 Å². The van der Waals surface area contributed by atoms with E-state index in [9.17, 15) is 4.79 Å². The number of carboxylic acid groups (broad SMARTS) is 1. The Balaban J connectivity index is 0.000000362. The Morgan fingerprint density at radius 3 is 2.47 bits per heavy atom. The molecule has 0 bridgehead atoms. The topological polar surface area (TPSA) is 127 Å². The van der Waals surface area contributed by atoms with Crippen molar-refractivity contribution in [2.24, 2.45) is 11.0 Å². The number of carbonyl (C=O) groups is 1. The number of hydrogen-bond acceptors (Lipinski definition) is 4. The monoisotopic (exact) mass is 267 g/mol. The van der Waals surface area contributed by atoms with Crippen LogP contribution in [-0.2, 0) is 0 Å². The summed E-state index contributed by atoms with van der Waals surface area (Å²) in [6, 6.07) is 3.32. The summed E-state index contributed by atoms with van der Waals surface area (Å²) in [5.41, 5.74) is 7.54. The quantitative estimate of drug-likeness (QED) is 0.335. The molecule has 0 aliphatic carbocycles. The minimum atomic E-state index is -1.27. The van der Waals surface area contributed by atoms with Crippen LogP contribution in [-0.4, -0.2) is 27.8 Å². The molecular weight excluding hydrogens is 250 g/mol. The van der Waals surface area contributed by atoms with E-state index >= 15 is 0 Å². The number of carboxylic acids is 1. The molecule has 0 fully saturated rings. The SMILES string of the molecule is CC(C)CCN=[N+]=[N-].O=C(O)c1cc(O)ccc1O. The van der Waals surface area contributed by atoms with E-state index in [0.29, 0.717) is 12.5 Å². The lowest BCUT2D eigenvalue weighted by atomic mass is 10.1. The number of hydrogen-bond donors (Lipinski definition) is 3. The third-order valence-electron chi connectivity index (χ3n) is 2.08. The number of rotatable bonds is 4. The summed E-state index contributed by atoms with van der Waals surface area (Å²) in [6.07, 6.45) is 0.990. The molecule has 1 aromatic carbocycles. The van der Waals surface area contributed by atoms with Crippen molar-refractivity contribution in [3.05, 3.63) is 34.2 Å². The van der Waals surface area contributed by atoms with Crippen LogP contribution in [0.5, 0.6) is 11.5 Å². The van der Waals surface area contributed by atoms with E-state index < -0.39 is 5.97 Å². The van der Waals surface area contributed by atoms with Gasteiger partial charge in [-0.2, -0.15) is 0 Å². The number of nitrogens with zero attached hydrogens (tertiary/aromatic N) is 3. The first-order valence-corrected chi connectivity index (χ1v) is 5.64. The molecule has 0 aromatic heterocycles. The van der Waals surface area contributed by atoms with Gasteiger partial charge in [0.15, 0.2) is 0 Å². The molecule has 0 aliphatic heterocycles. The standard InChI is InChI=1S/C7H6O4.C5H11N3/c8-4-1-2-6(9)5(3-4)7(10)11;1-5(2)3-4-7-8-6/h1-3,8-9H,(H,10,11);5H,3-4H2,1-2H3. The van der Waals surface area contributed by atoms with Gasteiger partial charge in [0.2, 0.25) is 0 Å². The van der Waals surface area contributed by atoms with Crippen molar-refractivity contribution in [1.29, 1.82) is 0 Å². The summed E-state index contributed by atoms with van der Waals surface area (Å²) >= 11 is 0. The van der Waals surface area contributed by atoms with Gasteiger partial charge in [-0.3, -0.25) is 0 Å². The number of benzene rings is 1. The molecule has 19 heavy (non-hydrogen) atoms. The summed E-state index contributed by atoms with van der Waals surface area (Å²) in [6.45, 7) is 4.84. The normalized spacial score (nSPS) is 9.21. The zero-order valence-corrected chi connectivity index (χ0v) is 10.8. The molecular formula is C12H17N3O4. The molecule has 1 rings (SSSR count). The Morgan fingerprint density at radius 1 is 1.42 bits per heavy atom. The van der Waals surface area contributed by atoms with E-state index in [0.717, 1.165) is 18.6 Å². The second kappa shape index (κ2) is 8.66. The van der Waals surface area contributed by atoms with Gasteiger partial charge < -0.3 is 15.3 Å². The molecule has 1 aromatic rings. The van der Waals surface area contributed by atoms with Gasteiger partial charge in [-0.15, -0.1) is 0 Å². The minimum absolute atomic E-state index is 0.180. The lowest BCUT2D eigenvalue weighted by molar-refractivity contribution is 0.0693. The van der Waals surface area contributed by atoms with Crippen molar-refractivity contribution < 1.29 is 20.1 Å². The molecule has 104 valence electrons. The van der Waals surface area contributed by atoms with E-state index in [-0.39, 0.29) is 17.1 Å². The van der Waals surface area contributed by atoms with Crippen molar-refractivity contribution in [1.82, 2.24) is 0 Å². The maximum Gasteiger partial charge on any atom is 0.339 e. The zero-order valence-electron chi connectivity index (χ0n) is 10.8. The molecule has 0 unspecified atom stereocenters. The molecule has 0 heterocycles. The van der Waals surface area contributed by atoms with E-state index in [1.807, 2.05) is 0 Å². The zero-order chi connectivity index (χ0) is 14.8. The molecule has 0 saturated heterocycles. The van der Waals surface area contributed by atoms with Gasteiger partial charge in [0.1, 0.15) is 17.1 Å². The summed E-state index contributed by atoms with van der Waals surface area (Å²) in [5.74, 6) is -1.16. The Morgan fingerprint density at radius 2 is 2.05 bits per heavy atom. The van der Waals surface area contributed by atoms with Gasteiger partial charge in [0.25, 0.3) is 0 Å². The third kappa shape index (κ3) is 7.51. The lowest BCUT2D eigenvalue weighted by Gasteiger charge is -1.98. The summed E-state index contributed by atoms with van der Waals surface area (Å²) in [4.78, 5) is 12.9. The first-order valence-electron chi connectivity index (χ1n) is 5.64. The van der Waals surface area contributed by atoms with Crippen LogP contribution < -0.4 is 0 Å². The highest BCUT2D eigenvalue weighted by Crippen LogP contribution is 2.21. The first-order chi connectivity index (χ1) is 8.88. The van der Waals surface area contributed by atoms with E-state index in [2.05, 4.69) is 23.9 Å². The smallest absolute Gasteiger partial charge is 0.339 e. The summed E-state index contributed by atoms with van der Waals surface area (Å²) in [5, 5.41) is 29.5. The number of aromatic hydroxyl groups is 2. The third-order valence-corrected chi connectivity index (χ3v) is 2.08. The van der Waals surface area contributed by atoms with E-state index in [1.165, 1.54) is 6.07 Å². The van der Waals surface area contributed by atoms with Crippen LogP contribution in [0.1, 0.15) is 30.6 Å². The van der Waals surface area contributed by atoms with Crippen molar-refractivity contribution >= 4 is 5.97 Å². The molecule has 0 spiro atoms. The van der Waals surface area contributed by atoms with Gasteiger partial charge >= 0.3 is 5.97 Å². The second-order valence-electron chi connectivity index (χ2n) is 4.14. The number of phenolic OH excluding ortho intramolecular Hbond substituents is 1. The predicted octanol–water partition coefficient (Wildman–Crippen LogP) is 3.14. The summed E-state index contributed by atoms with van der Waals surface area (Å²) < 4.78 is 0. The van der Waals surface area contributed by atoms with Crippen molar-refractivity contribution in [2.45, 2.75) is 20.3 Å². The fraction of sp³-hybridized carbons (Fsp3) is 0.417. The average Bonchev–Trinajstić information content (AvgIpc) is 2.33. The molecule has 7 nitrogen and oxygen atoms in total. The highest BCUT2D eigenvalue weighted by Gasteiger charge is 2.08. The van der Waals surface area contributed by atoms with Crippen LogP contribution in [0.3, 0.4) is 0 Å². The van der Waals surface area contributed by atoms with Crippen LogP contribution in [0.25, 0.3) is 10.4 Å². The maximum absolute atomic E-state index is 10.3. The molecule has 3 N–H and O–H groups in total. The Bertz CT molecular complexity index is 468. The lowest BCUT2D eigenvalue weighted by Crippen LogP contribution is -1.95. The second-order valence-corrected chi connectivity index (χ2v) is 4.14. The number of phenols is 2. The highest BCUT2D eigenvalue weighted by molar-refractivity contribution is 5.91. The fourth-order valence-corrected chi connectivity index (χ4v) is 1.06. The maximum atomic E-state index is 10.3. The molecule has 0 amide bonds. The first kappa shape index (κ1) is 16.6. The Hall–Kier alpha value is -2.40. The number of aromatic carboxylic acids is 1. The predicted molar refractivity (Wildman–Crippen MR) is 70.2 cm³/mol. The van der Waals surface area contributed by atoms with Gasteiger partial charge in [-0.05, 0) is 36.1 Å². The van der Waals surface area contributed by atoms with Crippen LogP contribution in [0.2, 0.25) is 0 Å². The molecule has 0 saturated carbocycles. The fourth-order valence-electron chi connectivity index (χ4n) is 1.06. The molecule has 7 heteroatoms. The van der Waals surface area contributed by atoms with Gasteiger partial charge in [-0.1, -0.05) is 19.0 Å². The average molecular weight is 267 g/mol. The summed E-state index contributed by atoms with van der Waals surface area (Å²) in [7, 11) is 0. The van der Waals surface area contributed by atoms with Gasteiger partial charge in [-0.25, -0.2) is 4.79 Å². The minimum Gasteiger partial charge on any atom is -0.508 e.